The van der Waals surface area contributed by atoms with Crippen molar-refractivity contribution < 1.29 is 9.53 Å². The van der Waals surface area contributed by atoms with E-state index in [-0.39, 0.29) is 0 Å². The molecule has 1 aromatic carbocycles. The van der Waals surface area contributed by atoms with Crippen LogP contribution in [0.25, 0.3) is 33.3 Å². The molecule has 3 aromatic heterocycles. The number of hydrogen-bond donors (Lipinski definition) is 0. The quantitative estimate of drug-likeness (QED) is 0.416. The summed E-state index contributed by atoms with van der Waals surface area (Å²) >= 11 is 6.62. The minimum Gasteiger partial charge on any atom is -0.381 e. The van der Waals surface area contributed by atoms with Crippen LogP contribution >= 0.6 is 11.6 Å². The molecule has 0 N–H and O–H groups in total. The highest BCUT2D eigenvalue weighted by Gasteiger charge is 2.29. The summed E-state index contributed by atoms with van der Waals surface area (Å²) in [7, 11) is 1.89. The van der Waals surface area contributed by atoms with Gasteiger partial charge in [0, 0.05) is 85.0 Å². The second-order valence-electron chi connectivity index (χ2n) is 9.03. The molecule has 0 radical (unpaired) electrons. The molecule has 9 heteroatoms. The van der Waals surface area contributed by atoms with Crippen LogP contribution in [0.1, 0.15) is 30.1 Å². The fraction of sp³-hybridized carbons (Fsp3) is 0.360. The van der Waals surface area contributed by atoms with Gasteiger partial charge in [-0.15, -0.1) is 0 Å². The molecule has 5 heterocycles. The van der Waals surface area contributed by atoms with Gasteiger partial charge in [-0.25, -0.2) is 0 Å². The van der Waals surface area contributed by atoms with Gasteiger partial charge in [0.2, 0.25) is 6.41 Å². The van der Waals surface area contributed by atoms with Gasteiger partial charge in [0.05, 0.1) is 23.6 Å². The molecule has 2 aliphatic heterocycles. The number of amides is 1. The molecule has 2 aliphatic rings. The molecule has 174 valence electrons. The van der Waals surface area contributed by atoms with Crippen LogP contribution in [0.3, 0.4) is 0 Å². The van der Waals surface area contributed by atoms with Crippen molar-refractivity contribution in [3.8, 4) is 22.5 Å². The highest BCUT2D eigenvalue weighted by Crippen LogP contribution is 2.38. The van der Waals surface area contributed by atoms with Gasteiger partial charge >= 0.3 is 0 Å². The van der Waals surface area contributed by atoms with E-state index in [2.05, 4.69) is 9.78 Å². The van der Waals surface area contributed by atoms with Crippen LogP contribution in [-0.2, 0) is 29.5 Å². The van der Waals surface area contributed by atoms with Crippen molar-refractivity contribution >= 4 is 28.8 Å². The third-order valence-electron chi connectivity index (χ3n) is 6.86. The van der Waals surface area contributed by atoms with Crippen LogP contribution in [0.15, 0.2) is 36.8 Å². The van der Waals surface area contributed by atoms with Crippen molar-refractivity contribution in [1.29, 1.82) is 0 Å². The lowest BCUT2D eigenvalue weighted by Crippen LogP contribution is -2.31. The minimum absolute atomic E-state index is 0.305. The number of benzene rings is 1. The summed E-state index contributed by atoms with van der Waals surface area (Å²) in [5.41, 5.74) is 5.95. The van der Waals surface area contributed by atoms with Gasteiger partial charge in [-0.3, -0.25) is 19.1 Å². The number of pyridine rings is 1. The molecule has 0 aliphatic carbocycles. The minimum atomic E-state index is 0.305. The predicted octanol–water partition coefficient (Wildman–Crippen LogP) is 4.02. The zero-order chi connectivity index (χ0) is 23.2. The maximum absolute atomic E-state index is 11.6. The Morgan fingerprint density at radius 1 is 1.18 bits per heavy atom. The van der Waals surface area contributed by atoms with Crippen LogP contribution in [0.2, 0.25) is 5.02 Å². The van der Waals surface area contributed by atoms with E-state index in [1.165, 1.54) is 5.69 Å². The first-order valence-corrected chi connectivity index (χ1v) is 11.9. The van der Waals surface area contributed by atoms with Crippen LogP contribution < -0.4 is 0 Å². The summed E-state index contributed by atoms with van der Waals surface area (Å²) in [6.45, 7) is 2.75. The number of carbonyl (C=O) groups excluding carboxylic acids is 1. The number of halogens is 1. The average Bonchev–Trinajstić information content (AvgIpc) is 3.47. The number of aromatic nitrogens is 5. The lowest BCUT2D eigenvalue weighted by molar-refractivity contribution is -0.118. The normalized spacial score (nSPS) is 16.7. The van der Waals surface area contributed by atoms with E-state index >= 15 is 0 Å². The summed E-state index contributed by atoms with van der Waals surface area (Å²) < 4.78 is 9.54. The largest absolute Gasteiger partial charge is 0.381 e. The highest BCUT2D eigenvalue weighted by atomic mass is 35.5. The molecule has 0 bridgehead atoms. The number of nitrogens with zero attached hydrogens (tertiary/aromatic N) is 6. The molecular weight excluding hydrogens is 452 g/mol. The number of ether oxygens (including phenoxy) is 1. The standard InChI is InChI=1S/C25H25ClN6O2/c1-30-13-17(11-28-30)23-9-16-8-18(26)10-20(21(16)12-27-23)25-22-14-31(15-33)5-2-24(22)32(29-25)19-3-6-34-7-4-19/h8-13,15,19H,2-7,14H2,1H3. The Kier molecular flexibility index (Phi) is 5.34. The van der Waals surface area contributed by atoms with Gasteiger partial charge in [0.25, 0.3) is 0 Å². The first-order valence-electron chi connectivity index (χ1n) is 11.6. The molecule has 0 spiro atoms. The monoisotopic (exact) mass is 476 g/mol. The van der Waals surface area contributed by atoms with Gasteiger partial charge in [0.1, 0.15) is 0 Å². The number of fused-ring (bicyclic) bond motifs is 2. The van der Waals surface area contributed by atoms with Crippen LogP contribution in [0.4, 0.5) is 0 Å². The Balaban J connectivity index is 1.52. The SMILES string of the molecule is Cn1cc(-c2cc3cc(Cl)cc(-c4nn(C5CCOCC5)c5c4CN(C=O)CC5)c3cn2)cn1. The van der Waals surface area contributed by atoms with Crippen molar-refractivity contribution in [2.45, 2.75) is 31.8 Å². The van der Waals surface area contributed by atoms with Crippen LogP contribution in [0, 0.1) is 0 Å². The predicted molar refractivity (Wildman–Crippen MR) is 129 cm³/mol. The molecular formula is C25H25ClN6O2. The molecule has 6 rings (SSSR count). The summed E-state index contributed by atoms with van der Waals surface area (Å²) in [5.74, 6) is 0. The third-order valence-corrected chi connectivity index (χ3v) is 7.08. The van der Waals surface area contributed by atoms with Crippen molar-refractivity contribution in [2.75, 3.05) is 19.8 Å². The van der Waals surface area contributed by atoms with E-state index in [1.54, 1.807) is 10.9 Å². The fourth-order valence-corrected chi connectivity index (χ4v) is 5.36. The first-order chi connectivity index (χ1) is 16.6. The summed E-state index contributed by atoms with van der Waals surface area (Å²) in [5, 5.41) is 12.0. The van der Waals surface area contributed by atoms with Crippen LogP contribution in [0.5, 0.6) is 0 Å². The fourth-order valence-electron chi connectivity index (χ4n) is 5.13. The Bertz CT molecular complexity index is 1390. The first kappa shape index (κ1) is 21.3. The van der Waals surface area contributed by atoms with Gasteiger partial charge in [-0.1, -0.05) is 11.6 Å². The number of hydrogen-bond acceptors (Lipinski definition) is 5. The van der Waals surface area contributed by atoms with E-state index in [1.807, 2.05) is 42.5 Å². The number of aryl methyl sites for hydroxylation is 1. The van der Waals surface area contributed by atoms with Gasteiger partial charge in [-0.2, -0.15) is 10.2 Å². The molecule has 8 nitrogen and oxygen atoms in total. The summed E-state index contributed by atoms with van der Waals surface area (Å²) in [6.07, 6.45) is 9.24. The van der Waals surface area contributed by atoms with Gasteiger partial charge in [0.15, 0.2) is 0 Å². The van der Waals surface area contributed by atoms with E-state index in [0.29, 0.717) is 24.2 Å². The maximum Gasteiger partial charge on any atom is 0.210 e. The third kappa shape index (κ3) is 3.67. The Morgan fingerprint density at radius 3 is 2.79 bits per heavy atom. The van der Waals surface area contributed by atoms with Crippen molar-refractivity contribution in [1.82, 2.24) is 29.4 Å². The van der Waals surface area contributed by atoms with Crippen LogP contribution in [-0.4, -0.2) is 55.6 Å². The molecule has 0 atom stereocenters. The average molecular weight is 477 g/mol. The number of rotatable bonds is 4. The molecule has 0 unspecified atom stereocenters. The summed E-state index contributed by atoms with van der Waals surface area (Å²) in [4.78, 5) is 18.2. The molecule has 1 amide bonds. The molecule has 34 heavy (non-hydrogen) atoms. The van der Waals surface area contributed by atoms with E-state index in [9.17, 15) is 4.79 Å². The lowest BCUT2D eigenvalue weighted by atomic mass is 9.97. The maximum atomic E-state index is 11.6. The van der Waals surface area contributed by atoms with E-state index < -0.39 is 0 Å². The Hall–Kier alpha value is -3.23. The smallest absolute Gasteiger partial charge is 0.210 e. The second-order valence-corrected chi connectivity index (χ2v) is 9.47. The van der Waals surface area contributed by atoms with Crippen molar-refractivity contribution in [2.24, 2.45) is 7.05 Å². The molecule has 4 aromatic rings. The Morgan fingerprint density at radius 2 is 2.03 bits per heavy atom. The van der Waals surface area contributed by atoms with Crippen molar-refractivity contribution in [3.63, 3.8) is 0 Å². The van der Waals surface area contributed by atoms with Gasteiger partial charge < -0.3 is 9.64 Å². The zero-order valence-electron chi connectivity index (χ0n) is 18.9. The zero-order valence-corrected chi connectivity index (χ0v) is 19.7. The number of carbonyl (C=O) groups is 1. The second kappa shape index (κ2) is 8.52. The van der Waals surface area contributed by atoms with E-state index in [4.69, 9.17) is 26.4 Å². The Labute approximate surface area is 202 Å². The molecule has 1 fully saturated rings. The topological polar surface area (TPSA) is 78.1 Å². The summed E-state index contributed by atoms with van der Waals surface area (Å²) in [6, 6.07) is 6.27. The lowest BCUT2D eigenvalue weighted by Gasteiger charge is -2.28. The molecule has 1 saturated heterocycles. The van der Waals surface area contributed by atoms with Gasteiger partial charge in [-0.05, 0) is 36.4 Å². The highest BCUT2D eigenvalue weighted by molar-refractivity contribution is 6.32. The molecule has 0 saturated carbocycles. The van der Waals surface area contributed by atoms with Crippen molar-refractivity contribution in [3.05, 3.63) is 53.1 Å². The van der Waals surface area contributed by atoms with E-state index in [0.717, 1.165) is 77.7 Å².